The fraction of sp³-hybridized carbons (Fsp3) is 0.300. The molecule has 2 aromatic heterocycles. The molecule has 5 nitrogen and oxygen atoms in total. The van der Waals surface area contributed by atoms with Crippen LogP contribution in [0, 0.1) is 4.77 Å². The maximum Gasteiger partial charge on any atom is 0.251 e. The molecule has 1 N–H and O–H groups in total. The molecule has 6 heteroatoms. The number of nitrogens with zero attached hydrogens (tertiary/aromatic N) is 3. The molecule has 0 unspecified atom stereocenters. The minimum Gasteiger partial charge on any atom is -0.325 e. The van der Waals surface area contributed by atoms with Gasteiger partial charge in [0.15, 0.2) is 4.77 Å². The van der Waals surface area contributed by atoms with Crippen molar-refractivity contribution in [1.29, 1.82) is 0 Å². The van der Waals surface area contributed by atoms with Crippen molar-refractivity contribution in [1.82, 2.24) is 19.3 Å². The first-order valence-corrected chi connectivity index (χ1v) is 5.33. The summed E-state index contributed by atoms with van der Waals surface area (Å²) in [5.74, 6) is 0. The lowest BCUT2D eigenvalue weighted by Crippen LogP contribution is -2.12. The molecule has 0 spiro atoms. The van der Waals surface area contributed by atoms with Gasteiger partial charge < -0.3 is 4.57 Å². The summed E-state index contributed by atoms with van der Waals surface area (Å²) in [6, 6.07) is 1.47. The second kappa shape index (κ2) is 4.44. The summed E-state index contributed by atoms with van der Waals surface area (Å²) < 4.78 is 4.06. The summed E-state index contributed by atoms with van der Waals surface area (Å²) in [5, 5.41) is 4.09. The Morgan fingerprint density at radius 1 is 1.56 bits per heavy atom. The number of hydrogen-bond donors (Lipinski definition) is 1. The van der Waals surface area contributed by atoms with Gasteiger partial charge in [-0.1, -0.05) is 0 Å². The van der Waals surface area contributed by atoms with E-state index in [4.69, 9.17) is 12.2 Å². The van der Waals surface area contributed by atoms with Gasteiger partial charge in [0.25, 0.3) is 5.56 Å². The maximum absolute atomic E-state index is 11.0. The Morgan fingerprint density at radius 3 is 3.00 bits per heavy atom. The molecule has 0 aliphatic rings. The highest BCUT2D eigenvalue weighted by Crippen LogP contribution is 2.00. The number of nitrogens with one attached hydrogen (secondary N) is 1. The SMILES string of the molecule is Cn1cc(CCn2ccc(=O)[nH]c2=S)cn1. The van der Waals surface area contributed by atoms with E-state index in [9.17, 15) is 4.79 Å². The Balaban J connectivity index is 2.10. The number of aryl methyl sites for hydroxylation is 3. The lowest BCUT2D eigenvalue weighted by Gasteiger charge is -2.03. The normalized spacial score (nSPS) is 10.6. The highest BCUT2D eigenvalue weighted by molar-refractivity contribution is 7.71. The van der Waals surface area contributed by atoms with E-state index in [0.29, 0.717) is 4.77 Å². The third kappa shape index (κ3) is 2.46. The quantitative estimate of drug-likeness (QED) is 0.805. The number of aromatic nitrogens is 4. The van der Waals surface area contributed by atoms with Crippen LogP contribution in [-0.4, -0.2) is 19.3 Å². The van der Waals surface area contributed by atoms with Crippen LogP contribution < -0.4 is 5.56 Å². The molecule has 2 aromatic rings. The van der Waals surface area contributed by atoms with E-state index < -0.39 is 0 Å². The zero-order valence-electron chi connectivity index (χ0n) is 8.88. The van der Waals surface area contributed by atoms with Gasteiger partial charge in [-0.05, 0) is 24.2 Å². The molecule has 0 saturated carbocycles. The molecule has 16 heavy (non-hydrogen) atoms. The Bertz CT molecular complexity index is 595. The van der Waals surface area contributed by atoms with Gasteiger partial charge in [0.2, 0.25) is 0 Å². The Kier molecular flexibility index (Phi) is 3.00. The average molecular weight is 236 g/mol. The first kappa shape index (κ1) is 10.8. The molecule has 0 fully saturated rings. The van der Waals surface area contributed by atoms with Gasteiger partial charge in [-0.2, -0.15) is 5.10 Å². The first-order chi connectivity index (χ1) is 7.65. The van der Waals surface area contributed by atoms with Crippen molar-refractivity contribution in [3.8, 4) is 0 Å². The highest BCUT2D eigenvalue weighted by Gasteiger charge is 1.98. The van der Waals surface area contributed by atoms with Crippen molar-refractivity contribution >= 4 is 12.2 Å². The van der Waals surface area contributed by atoms with Crippen LogP contribution in [0.5, 0.6) is 0 Å². The molecule has 2 rings (SSSR count). The van der Waals surface area contributed by atoms with E-state index in [2.05, 4.69) is 10.1 Å². The van der Waals surface area contributed by atoms with Gasteiger partial charge >= 0.3 is 0 Å². The van der Waals surface area contributed by atoms with Crippen molar-refractivity contribution in [3.63, 3.8) is 0 Å². The molecule has 0 saturated heterocycles. The van der Waals surface area contributed by atoms with Crippen LogP contribution >= 0.6 is 12.2 Å². The van der Waals surface area contributed by atoms with Gasteiger partial charge in [-0.3, -0.25) is 14.5 Å². The van der Waals surface area contributed by atoms with Crippen LogP contribution in [0.25, 0.3) is 0 Å². The van der Waals surface area contributed by atoms with Crippen LogP contribution in [0.2, 0.25) is 0 Å². The van der Waals surface area contributed by atoms with E-state index in [1.807, 2.05) is 24.0 Å². The summed E-state index contributed by atoms with van der Waals surface area (Å²) in [6.07, 6.45) is 6.34. The molecule has 0 aromatic carbocycles. The van der Waals surface area contributed by atoms with E-state index in [0.717, 1.165) is 18.5 Å². The second-order valence-electron chi connectivity index (χ2n) is 3.58. The smallest absolute Gasteiger partial charge is 0.251 e. The molecule has 0 amide bonds. The van der Waals surface area contributed by atoms with E-state index in [1.54, 1.807) is 10.9 Å². The second-order valence-corrected chi connectivity index (χ2v) is 3.96. The molecule has 84 valence electrons. The van der Waals surface area contributed by atoms with Crippen molar-refractivity contribution in [2.45, 2.75) is 13.0 Å². The standard InChI is InChI=1S/C10H12N4OS/c1-13-7-8(6-11-13)2-4-14-5-3-9(15)12-10(14)16/h3,5-7H,2,4H2,1H3,(H,12,15,16). The topological polar surface area (TPSA) is 55.6 Å². The maximum atomic E-state index is 11.0. The molecule has 0 radical (unpaired) electrons. The fourth-order valence-corrected chi connectivity index (χ4v) is 1.72. The Morgan fingerprint density at radius 2 is 2.38 bits per heavy atom. The number of hydrogen-bond acceptors (Lipinski definition) is 3. The zero-order chi connectivity index (χ0) is 11.5. The van der Waals surface area contributed by atoms with Crippen molar-refractivity contribution in [3.05, 3.63) is 45.3 Å². The monoisotopic (exact) mass is 236 g/mol. The van der Waals surface area contributed by atoms with Gasteiger partial charge in [0.05, 0.1) is 6.20 Å². The number of H-pyrrole nitrogens is 1. The average Bonchev–Trinajstić information content (AvgIpc) is 2.63. The van der Waals surface area contributed by atoms with E-state index in [1.165, 1.54) is 6.07 Å². The molecular formula is C10H12N4OS. The summed E-state index contributed by atoms with van der Waals surface area (Å²) >= 11 is 5.05. The van der Waals surface area contributed by atoms with Crippen molar-refractivity contribution < 1.29 is 0 Å². The van der Waals surface area contributed by atoms with Crippen LogP contribution in [0.15, 0.2) is 29.5 Å². The van der Waals surface area contributed by atoms with E-state index in [-0.39, 0.29) is 5.56 Å². The van der Waals surface area contributed by atoms with Crippen LogP contribution in [0.4, 0.5) is 0 Å². The van der Waals surface area contributed by atoms with Crippen molar-refractivity contribution in [2.24, 2.45) is 7.05 Å². The first-order valence-electron chi connectivity index (χ1n) is 4.92. The number of aromatic amines is 1. The molecule has 2 heterocycles. The van der Waals surface area contributed by atoms with E-state index >= 15 is 0 Å². The van der Waals surface area contributed by atoms with Crippen LogP contribution in [0.1, 0.15) is 5.56 Å². The van der Waals surface area contributed by atoms with Gasteiger partial charge in [-0.15, -0.1) is 0 Å². The lowest BCUT2D eigenvalue weighted by molar-refractivity contribution is 0.662. The van der Waals surface area contributed by atoms with Crippen LogP contribution in [0.3, 0.4) is 0 Å². The van der Waals surface area contributed by atoms with Crippen molar-refractivity contribution in [2.75, 3.05) is 0 Å². The zero-order valence-corrected chi connectivity index (χ0v) is 9.70. The minimum absolute atomic E-state index is 0.164. The third-order valence-electron chi connectivity index (χ3n) is 2.30. The lowest BCUT2D eigenvalue weighted by atomic mass is 10.2. The summed E-state index contributed by atoms with van der Waals surface area (Å²) in [4.78, 5) is 13.6. The van der Waals surface area contributed by atoms with Gasteiger partial charge in [-0.25, -0.2) is 0 Å². The molecular weight excluding hydrogens is 224 g/mol. The predicted molar refractivity (Wildman–Crippen MR) is 62.8 cm³/mol. The van der Waals surface area contributed by atoms with Gasteiger partial charge in [0, 0.05) is 32.1 Å². The highest BCUT2D eigenvalue weighted by atomic mass is 32.1. The Hall–Kier alpha value is -1.69. The molecule has 0 aliphatic carbocycles. The largest absolute Gasteiger partial charge is 0.325 e. The molecule has 0 bridgehead atoms. The van der Waals surface area contributed by atoms with Crippen LogP contribution in [-0.2, 0) is 20.0 Å². The predicted octanol–water partition coefficient (Wildman–Crippen LogP) is 0.882. The third-order valence-corrected chi connectivity index (χ3v) is 2.63. The summed E-state index contributed by atoms with van der Waals surface area (Å²) in [5.41, 5.74) is 0.984. The minimum atomic E-state index is -0.164. The van der Waals surface area contributed by atoms with Gasteiger partial charge in [0.1, 0.15) is 0 Å². The Labute approximate surface area is 97.4 Å². The fourth-order valence-electron chi connectivity index (χ4n) is 1.47. The number of rotatable bonds is 3. The summed E-state index contributed by atoms with van der Waals surface area (Å²) in [7, 11) is 1.88. The molecule has 0 aliphatic heterocycles. The molecule has 0 atom stereocenters. The summed E-state index contributed by atoms with van der Waals surface area (Å²) in [6.45, 7) is 0.737.